The normalized spacial score (nSPS) is 9.73. The summed E-state index contributed by atoms with van der Waals surface area (Å²) in [6.45, 7) is 0. The molecule has 0 bridgehead atoms. The first kappa shape index (κ1) is 11.4. The van der Waals surface area contributed by atoms with Gasteiger partial charge >= 0.3 is 0 Å². The Bertz CT molecular complexity index is 433. The maximum atomic E-state index is 11.0. The van der Waals surface area contributed by atoms with E-state index in [0.717, 1.165) is 6.07 Å². The van der Waals surface area contributed by atoms with Gasteiger partial charge in [0.25, 0.3) is 11.6 Å². The van der Waals surface area contributed by atoms with Crippen LogP contribution in [0.25, 0.3) is 0 Å². The Balaban J connectivity index is 3.42. The van der Waals surface area contributed by atoms with Gasteiger partial charge in [0.05, 0.1) is 28.1 Å². The van der Waals surface area contributed by atoms with Gasteiger partial charge in [-0.05, 0) is 22.0 Å². The maximum absolute atomic E-state index is 11.0. The van der Waals surface area contributed by atoms with Crippen molar-refractivity contribution in [2.75, 3.05) is 7.11 Å². The molecule has 15 heavy (non-hydrogen) atoms. The largest absolute Gasteiger partial charge is 0.496 e. The van der Waals surface area contributed by atoms with Crippen LogP contribution in [0, 0.1) is 10.1 Å². The lowest BCUT2D eigenvalue weighted by Gasteiger charge is -2.05. The third-order valence-corrected chi connectivity index (χ3v) is 2.37. The van der Waals surface area contributed by atoms with Crippen LogP contribution in [-0.4, -0.2) is 17.9 Å². The topological polar surface area (TPSA) is 95.5 Å². The number of carbonyl (C=O) groups excluding carboxylic acids is 1. The Labute approximate surface area is 93.3 Å². The summed E-state index contributed by atoms with van der Waals surface area (Å²) in [5.74, 6) is -0.625. The average Bonchev–Trinajstić information content (AvgIpc) is 2.16. The number of methoxy groups -OCH3 is 1. The molecule has 1 amide bonds. The minimum Gasteiger partial charge on any atom is -0.496 e. The quantitative estimate of drug-likeness (QED) is 0.667. The highest BCUT2D eigenvalue weighted by Crippen LogP contribution is 2.32. The summed E-state index contributed by atoms with van der Waals surface area (Å²) >= 11 is 2.97. The minimum absolute atomic E-state index is 0.0809. The molecule has 6 nitrogen and oxygen atoms in total. The summed E-state index contributed by atoms with van der Waals surface area (Å²) < 4.78 is 5.01. The summed E-state index contributed by atoms with van der Waals surface area (Å²) in [6, 6.07) is 2.41. The molecule has 80 valence electrons. The second kappa shape index (κ2) is 4.26. The molecule has 0 aliphatic carbocycles. The van der Waals surface area contributed by atoms with Crippen molar-refractivity contribution in [2.24, 2.45) is 5.73 Å². The first-order valence-electron chi connectivity index (χ1n) is 3.79. The maximum Gasteiger partial charge on any atom is 0.287 e. The fraction of sp³-hybridized carbons (Fsp3) is 0.125. The number of rotatable bonds is 3. The number of nitrogens with two attached hydrogens (primary N) is 1. The predicted octanol–water partition coefficient (Wildman–Crippen LogP) is 1.46. The van der Waals surface area contributed by atoms with Crippen molar-refractivity contribution in [3.8, 4) is 5.75 Å². The third kappa shape index (κ3) is 2.24. The molecule has 0 unspecified atom stereocenters. The number of primary amides is 1. The van der Waals surface area contributed by atoms with Crippen LogP contribution >= 0.6 is 15.9 Å². The predicted molar refractivity (Wildman–Crippen MR) is 55.9 cm³/mol. The number of hydrogen-bond donors (Lipinski definition) is 1. The van der Waals surface area contributed by atoms with Crippen molar-refractivity contribution >= 4 is 27.5 Å². The highest BCUT2D eigenvalue weighted by molar-refractivity contribution is 9.10. The highest BCUT2D eigenvalue weighted by Gasteiger charge is 2.19. The van der Waals surface area contributed by atoms with Crippen molar-refractivity contribution < 1.29 is 14.5 Å². The van der Waals surface area contributed by atoms with E-state index in [9.17, 15) is 14.9 Å². The van der Waals surface area contributed by atoms with Gasteiger partial charge in [0.1, 0.15) is 5.75 Å². The van der Waals surface area contributed by atoms with Crippen LogP contribution in [0.3, 0.4) is 0 Å². The summed E-state index contributed by atoms with van der Waals surface area (Å²) in [5, 5.41) is 10.6. The van der Waals surface area contributed by atoms with Crippen LogP contribution in [0.5, 0.6) is 5.75 Å². The number of benzene rings is 1. The van der Waals surface area contributed by atoms with E-state index >= 15 is 0 Å². The van der Waals surface area contributed by atoms with E-state index < -0.39 is 10.8 Å². The minimum atomic E-state index is -0.706. The van der Waals surface area contributed by atoms with E-state index in [1.54, 1.807) is 0 Å². The van der Waals surface area contributed by atoms with E-state index in [4.69, 9.17) is 10.5 Å². The van der Waals surface area contributed by atoms with Crippen molar-refractivity contribution in [3.05, 3.63) is 32.3 Å². The zero-order chi connectivity index (χ0) is 11.6. The van der Waals surface area contributed by atoms with Gasteiger partial charge in [-0.15, -0.1) is 0 Å². The van der Waals surface area contributed by atoms with Crippen LogP contribution < -0.4 is 10.5 Å². The molecule has 1 aromatic rings. The number of ether oxygens (including phenoxy) is 1. The summed E-state index contributed by atoms with van der Waals surface area (Å²) in [5.41, 5.74) is 4.98. The number of hydrogen-bond acceptors (Lipinski definition) is 4. The Hall–Kier alpha value is -1.63. The van der Waals surface area contributed by atoms with Gasteiger partial charge in [-0.1, -0.05) is 0 Å². The van der Waals surface area contributed by atoms with Crippen LogP contribution in [0.15, 0.2) is 16.6 Å². The Kier molecular flexibility index (Phi) is 3.25. The molecule has 1 rings (SSSR count). The van der Waals surface area contributed by atoms with Gasteiger partial charge in [0.2, 0.25) is 0 Å². The number of nitro benzene ring substituents is 1. The zero-order valence-electron chi connectivity index (χ0n) is 7.69. The standard InChI is InChI=1S/C8H7BrN2O4/c1-15-7-3-6(11(13)14)5(9)2-4(7)8(10)12/h2-3H,1H3,(H2,10,12). The fourth-order valence-corrected chi connectivity index (χ4v) is 1.53. The molecule has 2 N–H and O–H groups in total. The molecule has 0 fully saturated rings. The van der Waals surface area contributed by atoms with Crippen LogP contribution in [-0.2, 0) is 0 Å². The molecule has 0 aliphatic rings. The van der Waals surface area contributed by atoms with Gasteiger partial charge in [0, 0.05) is 0 Å². The lowest BCUT2D eigenvalue weighted by Crippen LogP contribution is -2.12. The van der Waals surface area contributed by atoms with Gasteiger partial charge in [-0.3, -0.25) is 14.9 Å². The number of carbonyl (C=O) groups is 1. The molecule has 0 radical (unpaired) electrons. The fourth-order valence-electron chi connectivity index (χ4n) is 1.04. The molecule has 0 heterocycles. The molecule has 0 atom stereocenters. The molecule has 0 spiro atoms. The van der Waals surface area contributed by atoms with Gasteiger partial charge in [0.15, 0.2) is 0 Å². The van der Waals surface area contributed by atoms with Gasteiger partial charge in [-0.2, -0.15) is 0 Å². The molecular weight excluding hydrogens is 268 g/mol. The number of amides is 1. The molecule has 7 heteroatoms. The highest BCUT2D eigenvalue weighted by atomic mass is 79.9. The molecule has 1 aromatic carbocycles. The Morgan fingerprint density at radius 3 is 2.60 bits per heavy atom. The lowest BCUT2D eigenvalue weighted by atomic mass is 10.1. The molecule has 0 aliphatic heterocycles. The first-order chi connectivity index (χ1) is 6.97. The van der Waals surface area contributed by atoms with Crippen LogP contribution in [0.1, 0.15) is 10.4 Å². The van der Waals surface area contributed by atoms with Crippen molar-refractivity contribution in [1.82, 2.24) is 0 Å². The summed E-state index contributed by atoms with van der Waals surface area (Å²) in [4.78, 5) is 21.0. The van der Waals surface area contributed by atoms with Crippen molar-refractivity contribution in [2.45, 2.75) is 0 Å². The van der Waals surface area contributed by atoms with Crippen LogP contribution in [0.4, 0.5) is 5.69 Å². The van der Waals surface area contributed by atoms with E-state index in [0.29, 0.717) is 0 Å². The van der Waals surface area contributed by atoms with E-state index in [1.165, 1.54) is 13.2 Å². The summed E-state index contributed by atoms with van der Waals surface area (Å²) in [6.07, 6.45) is 0. The number of halogens is 1. The van der Waals surface area contributed by atoms with Crippen molar-refractivity contribution in [1.29, 1.82) is 0 Å². The Morgan fingerprint density at radius 2 is 2.20 bits per heavy atom. The van der Waals surface area contributed by atoms with E-state index in [1.807, 2.05) is 0 Å². The monoisotopic (exact) mass is 274 g/mol. The number of nitrogens with zero attached hydrogens (tertiary/aromatic N) is 1. The average molecular weight is 275 g/mol. The number of nitro groups is 1. The molecule has 0 aromatic heterocycles. The second-order valence-electron chi connectivity index (χ2n) is 2.63. The second-order valence-corrected chi connectivity index (χ2v) is 3.48. The van der Waals surface area contributed by atoms with Crippen LogP contribution in [0.2, 0.25) is 0 Å². The van der Waals surface area contributed by atoms with E-state index in [-0.39, 0.29) is 21.5 Å². The molecular formula is C8H7BrN2O4. The Morgan fingerprint density at radius 1 is 1.60 bits per heavy atom. The molecule has 0 saturated heterocycles. The molecule has 0 saturated carbocycles. The summed E-state index contributed by atoms with van der Waals surface area (Å²) in [7, 11) is 1.30. The van der Waals surface area contributed by atoms with Crippen molar-refractivity contribution in [3.63, 3.8) is 0 Å². The zero-order valence-corrected chi connectivity index (χ0v) is 9.28. The lowest BCUT2D eigenvalue weighted by molar-refractivity contribution is -0.385. The smallest absolute Gasteiger partial charge is 0.287 e. The first-order valence-corrected chi connectivity index (χ1v) is 4.58. The van der Waals surface area contributed by atoms with Gasteiger partial charge < -0.3 is 10.5 Å². The van der Waals surface area contributed by atoms with E-state index in [2.05, 4.69) is 15.9 Å². The SMILES string of the molecule is COc1cc([N+](=O)[O-])c(Br)cc1C(N)=O. The van der Waals surface area contributed by atoms with Gasteiger partial charge in [-0.25, -0.2) is 0 Å². The third-order valence-electron chi connectivity index (χ3n) is 1.73.